The molecule has 0 unspecified atom stereocenters. The van der Waals surface area contributed by atoms with Crippen molar-refractivity contribution in [1.29, 1.82) is 5.26 Å². The van der Waals surface area contributed by atoms with Crippen molar-refractivity contribution in [3.8, 4) is 11.8 Å². The van der Waals surface area contributed by atoms with Crippen LogP contribution in [0.25, 0.3) is 0 Å². The number of methoxy groups -OCH3 is 2. The van der Waals surface area contributed by atoms with Crippen LogP contribution in [0.15, 0.2) is 30.5 Å². The maximum absolute atomic E-state index is 10.8. The minimum atomic E-state index is -0.454. The molecular formula is C12H12N2O3. The molecule has 88 valence electrons. The minimum Gasteiger partial charge on any atom is -0.495 e. The van der Waals surface area contributed by atoms with Gasteiger partial charge >= 0.3 is 5.97 Å². The van der Waals surface area contributed by atoms with Gasteiger partial charge in [-0.2, -0.15) is 5.26 Å². The molecule has 5 nitrogen and oxygen atoms in total. The molecule has 1 N–H and O–H groups in total. The SMILES string of the molecule is COC(=O)/C=C/Nc1ccc(C#N)cc1OC. The number of hydrogen-bond acceptors (Lipinski definition) is 5. The Kier molecular flexibility index (Phi) is 4.58. The summed E-state index contributed by atoms with van der Waals surface area (Å²) in [6.07, 6.45) is 2.69. The Balaban J connectivity index is 2.81. The van der Waals surface area contributed by atoms with Crippen molar-refractivity contribution in [2.45, 2.75) is 0 Å². The Morgan fingerprint density at radius 1 is 1.47 bits per heavy atom. The van der Waals surface area contributed by atoms with Crippen molar-refractivity contribution < 1.29 is 14.3 Å². The van der Waals surface area contributed by atoms with E-state index in [4.69, 9.17) is 10.00 Å². The van der Waals surface area contributed by atoms with Crippen molar-refractivity contribution in [1.82, 2.24) is 0 Å². The predicted molar refractivity (Wildman–Crippen MR) is 62.5 cm³/mol. The van der Waals surface area contributed by atoms with E-state index in [1.54, 1.807) is 18.2 Å². The Labute approximate surface area is 99.3 Å². The largest absolute Gasteiger partial charge is 0.495 e. The summed E-state index contributed by atoms with van der Waals surface area (Å²) in [7, 11) is 2.81. The normalized spacial score (nSPS) is 9.71. The molecule has 0 aliphatic carbocycles. The zero-order valence-corrected chi connectivity index (χ0v) is 9.56. The van der Waals surface area contributed by atoms with Gasteiger partial charge in [-0.25, -0.2) is 4.79 Å². The second-order valence-corrected chi connectivity index (χ2v) is 3.03. The molecule has 5 heteroatoms. The van der Waals surface area contributed by atoms with Crippen LogP contribution < -0.4 is 10.1 Å². The number of benzene rings is 1. The van der Waals surface area contributed by atoms with Crippen LogP contribution in [0.1, 0.15) is 5.56 Å². The fourth-order valence-electron chi connectivity index (χ4n) is 1.15. The highest BCUT2D eigenvalue weighted by molar-refractivity contribution is 5.82. The molecule has 0 aliphatic heterocycles. The number of nitriles is 1. The molecule has 0 heterocycles. The van der Waals surface area contributed by atoms with Crippen molar-refractivity contribution in [2.75, 3.05) is 19.5 Å². The minimum absolute atomic E-state index is 0.454. The molecule has 0 spiro atoms. The molecule has 0 bridgehead atoms. The summed E-state index contributed by atoms with van der Waals surface area (Å²) in [5.74, 6) is 0.0728. The van der Waals surface area contributed by atoms with Crippen LogP contribution >= 0.6 is 0 Å². The first-order chi connectivity index (χ1) is 8.21. The van der Waals surface area contributed by atoms with Crippen LogP contribution in [0, 0.1) is 11.3 Å². The van der Waals surface area contributed by atoms with Crippen molar-refractivity contribution in [3.05, 3.63) is 36.0 Å². The summed E-state index contributed by atoms with van der Waals surface area (Å²) >= 11 is 0. The predicted octanol–water partition coefficient (Wildman–Crippen LogP) is 1.67. The average Bonchev–Trinajstić information content (AvgIpc) is 2.38. The third kappa shape index (κ3) is 3.54. The van der Waals surface area contributed by atoms with Gasteiger partial charge in [0.05, 0.1) is 31.5 Å². The summed E-state index contributed by atoms with van der Waals surface area (Å²) in [4.78, 5) is 10.8. The van der Waals surface area contributed by atoms with Crippen LogP contribution in [-0.4, -0.2) is 20.2 Å². The fourth-order valence-corrected chi connectivity index (χ4v) is 1.15. The van der Waals surface area contributed by atoms with E-state index in [2.05, 4.69) is 10.1 Å². The highest BCUT2D eigenvalue weighted by atomic mass is 16.5. The summed E-state index contributed by atoms with van der Waals surface area (Å²) in [6, 6.07) is 6.96. The monoisotopic (exact) mass is 232 g/mol. The van der Waals surface area contributed by atoms with Gasteiger partial charge in [-0.05, 0) is 12.1 Å². The van der Waals surface area contributed by atoms with E-state index in [1.807, 2.05) is 6.07 Å². The molecule has 1 rings (SSSR count). The molecule has 1 aromatic carbocycles. The molecule has 0 fully saturated rings. The summed E-state index contributed by atoms with van der Waals surface area (Å²) in [6.45, 7) is 0. The van der Waals surface area contributed by atoms with Gasteiger partial charge in [0.1, 0.15) is 5.75 Å². The quantitative estimate of drug-likeness (QED) is 0.631. The first-order valence-corrected chi connectivity index (χ1v) is 4.80. The number of carbonyl (C=O) groups is 1. The Hall–Kier alpha value is -2.48. The number of rotatable bonds is 4. The first kappa shape index (κ1) is 12.6. The second kappa shape index (κ2) is 6.18. The third-order valence-corrected chi connectivity index (χ3v) is 1.99. The number of nitrogens with zero attached hydrogens (tertiary/aromatic N) is 1. The molecule has 0 atom stereocenters. The average molecular weight is 232 g/mol. The lowest BCUT2D eigenvalue weighted by molar-refractivity contribution is -0.134. The van der Waals surface area contributed by atoms with E-state index in [1.165, 1.54) is 26.5 Å². The number of esters is 1. The zero-order valence-electron chi connectivity index (χ0n) is 9.56. The molecule has 0 saturated carbocycles. The highest BCUT2D eigenvalue weighted by Gasteiger charge is 2.02. The van der Waals surface area contributed by atoms with E-state index in [0.29, 0.717) is 17.0 Å². The maximum atomic E-state index is 10.8. The first-order valence-electron chi connectivity index (χ1n) is 4.80. The lowest BCUT2D eigenvalue weighted by atomic mass is 10.2. The fraction of sp³-hybridized carbons (Fsp3) is 0.167. The highest BCUT2D eigenvalue weighted by Crippen LogP contribution is 2.25. The Morgan fingerprint density at radius 3 is 2.82 bits per heavy atom. The van der Waals surface area contributed by atoms with Gasteiger partial charge in [-0.3, -0.25) is 0 Å². The molecule has 0 aromatic heterocycles. The summed E-state index contributed by atoms with van der Waals surface area (Å²) in [5.41, 5.74) is 1.16. The van der Waals surface area contributed by atoms with Gasteiger partial charge in [-0.15, -0.1) is 0 Å². The smallest absolute Gasteiger partial charge is 0.331 e. The van der Waals surface area contributed by atoms with Crippen molar-refractivity contribution >= 4 is 11.7 Å². The molecule has 0 radical (unpaired) electrons. The van der Waals surface area contributed by atoms with E-state index in [0.717, 1.165) is 0 Å². The van der Waals surface area contributed by atoms with E-state index < -0.39 is 5.97 Å². The van der Waals surface area contributed by atoms with Gasteiger partial charge in [0, 0.05) is 18.3 Å². The maximum Gasteiger partial charge on any atom is 0.331 e. The summed E-state index contributed by atoms with van der Waals surface area (Å²) < 4.78 is 9.55. The molecular weight excluding hydrogens is 220 g/mol. The topological polar surface area (TPSA) is 71.3 Å². The third-order valence-electron chi connectivity index (χ3n) is 1.99. The molecule has 17 heavy (non-hydrogen) atoms. The van der Waals surface area contributed by atoms with Crippen LogP contribution in [0.2, 0.25) is 0 Å². The Bertz CT molecular complexity index is 475. The molecule has 0 aliphatic rings. The van der Waals surface area contributed by atoms with Gasteiger partial charge < -0.3 is 14.8 Å². The lowest BCUT2D eigenvalue weighted by Crippen LogP contribution is -1.98. The second-order valence-electron chi connectivity index (χ2n) is 3.03. The number of anilines is 1. The van der Waals surface area contributed by atoms with E-state index >= 15 is 0 Å². The number of nitrogens with one attached hydrogen (secondary N) is 1. The number of hydrogen-bond donors (Lipinski definition) is 1. The summed E-state index contributed by atoms with van der Waals surface area (Å²) in [5, 5.41) is 11.6. The van der Waals surface area contributed by atoms with Crippen LogP contribution in [0.4, 0.5) is 5.69 Å². The van der Waals surface area contributed by atoms with E-state index in [-0.39, 0.29) is 0 Å². The van der Waals surface area contributed by atoms with Gasteiger partial charge in [0.25, 0.3) is 0 Å². The lowest BCUT2D eigenvalue weighted by Gasteiger charge is -2.07. The zero-order chi connectivity index (χ0) is 12.7. The van der Waals surface area contributed by atoms with Gasteiger partial charge in [0.2, 0.25) is 0 Å². The molecule has 0 amide bonds. The van der Waals surface area contributed by atoms with Crippen LogP contribution in [0.3, 0.4) is 0 Å². The van der Waals surface area contributed by atoms with E-state index in [9.17, 15) is 4.79 Å². The molecule has 1 aromatic rings. The van der Waals surface area contributed by atoms with Crippen molar-refractivity contribution in [2.24, 2.45) is 0 Å². The van der Waals surface area contributed by atoms with Crippen LogP contribution in [-0.2, 0) is 9.53 Å². The van der Waals surface area contributed by atoms with Crippen LogP contribution in [0.5, 0.6) is 5.75 Å². The Morgan fingerprint density at radius 2 is 2.24 bits per heavy atom. The van der Waals surface area contributed by atoms with Gasteiger partial charge in [0.15, 0.2) is 0 Å². The molecule has 0 saturated heterocycles. The standard InChI is InChI=1S/C12H12N2O3/c1-16-11-7-9(8-13)3-4-10(11)14-6-5-12(15)17-2/h3-7,14H,1-2H3/b6-5+. The number of ether oxygens (including phenoxy) is 2. The number of carbonyl (C=O) groups excluding carboxylic acids is 1. The van der Waals surface area contributed by atoms with Crippen molar-refractivity contribution in [3.63, 3.8) is 0 Å². The van der Waals surface area contributed by atoms with Gasteiger partial charge in [-0.1, -0.05) is 0 Å².